The molecule has 0 amide bonds. The Kier molecular flexibility index (Phi) is 4.44. The van der Waals surface area contributed by atoms with E-state index in [1.54, 1.807) is 19.2 Å². The summed E-state index contributed by atoms with van der Waals surface area (Å²) in [4.78, 5) is 0.275. The van der Waals surface area contributed by atoms with Crippen LogP contribution in [0.1, 0.15) is 16.7 Å². The first kappa shape index (κ1) is 16.0. The molecule has 0 radical (unpaired) electrons. The topological polar surface area (TPSA) is 37.4 Å². The quantitative estimate of drug-likeness (QED) is 0.814. The molecule has 0 aliphatic rings. The fourth-order valence-electron chi connectivity index (χ4n) is 2.15. The number of sulfonamides is 1. The Morgan fingerprint density at radius 2 is 1.52 bits per heavy atom. The van der Waals surface area contributed by atoms with Gasteiger partial charge in [0.1, 0.15) is 4.90 Å². The second kappa shape index (κ2) is 5.81. The third kappa shape index (κ3) is 3.14. The highest BCUT2D eigenvalue weighted by Crippen LogP contribution is 2.30. The van der Waals surface area contributed by atoms with Crippen molar-refractivity contribution >= 4 is 31.6 Å². The van der Waals surface area contributed by atoms with Crippen molar-refractivity contribution in [2.24, 2.45) is 0 Å². The summed E-state index contributed by atoms with van der Waals surface area (Å²) in [5, 5.41) is 0. The number of hydrogen-bond acceptors (Lipinski definition) is 2. The van der Waals surface area contributed by atoms with Crippen molar-refractivity contribution in [2.75, 3.05) is 11.4 Å². The van der Waals surface area contributed by atoms with E-state index < -0.39 is 10.0 Å². The lowest BCUT2D eigenvalue weighted by atomic mass is 10.1. The lowest BCUT2D eigenvalue weighted by Crippen LogP contribution is -2.27. The molecule has 21 heavy (non-hydrogen) atoms. The maximum absolute atomic E-state index is 12.8. The molecule has 0 saturated carbocycles. The van der Waals surface area contributed by atoms with Gasteiger partial charge < -0.3 is 0 Å². The van der Waals surface area contributed by atoms with Crippen molar-refractivity contribution in [1.29, 1.82) is 0 Å². The number of rotatable bonds is 3. The first-order chi connectivity index (χ1) is 9.73. The zero-order valence-electron chi connectivity index (χ0n) is 12.5. The van der Waals surface area contributed by atoms with Gasteiger partial charge in [0.25, 0.3) is 10.0 Å². The SMILES string of the molecule is Cc1ccc(S(=O)(=O)N(C)c2cc(C)ccc2C)c(Br)c1. The van der Waals surface area contributed by atoms with E-state index in [2.05, 4.69) is 15.9 Å². The molecule has 0 spiro atoms. The summed E-state index contributed by atoms with van der Waals surface area (Å²) in [5.74, 6) is 0. The van der Waals surface area contributed by atoms with Crippen LogP contribution < -0.4 is 4.31 Å². The van der Waals surface area contributed by atoms with Gasteiger partial charge in [-0.2, -0.15) is 0 Å². The van der Waals surface area contributed by atoms with Gasteiger partial charge in [0.15, 0.2) is 0 Å². The fourth-order valence-corrected chi connectivity index (χ4v) is 4.55. The van der Waals surface area contributed by atoms with Crippen molar-refractivity contribution < 1.29 is 8.42 Å². The van der Waals surface area contributed by atoms with Crippen molar-refractivity contribution in [3.8, 4) is 0 Å². The summed E-state index contributed by atoms with van der Waals surface area (Å²) in [6.45, 7) is 5.78. The molecule has 0 bridgehead atoms. The minimum Gasteiger partial charge on any atom is -0.269 e. The molecular weight excluding hydrogens is 350 g/mol. The molecule has 0 atom stereocenters. The molecule has 2 aromatic rings. The maximum atomic E-state index is 12.8. The molecule has 0 aliphatic heterocycles. The molecule has 3 nitrogen and oxygen atoms in total. The highest BCUT2D eigenvalue weighted by Gasteiger charge is 2.24. The van der Waals surface area contributed by atoms with E-state index in [0.717, 1.165) is 16.7 Å². The van der Waals surface area contributed by atoms with Crippen LogP contribution >= 0.6 is 15.9 Å². The number of halogens is 1. The number of anilines is 1. The number of nitrogens with zero attached hydrogens (tertiary/aromatic N) is 1. The van der Waals surface area contributed by atoms with Gasteiger partial charge in [-0.25, -0.2) is 8.42 Å². The van der Waals surface area contributed by atoms with Crippen molar-refractivity contribution in [1.82, 2.24) is 0 Å². The Morgan fingerprint density at radius 1 is 0.952 bits per heavy atom. The Morgan fingerprint density at radius 3 is 2.14 bits per heavy atom. The minimum absolute atomic E-state index is 0.275. The molecule has 0 unspecified atom stereocenters. The van der Waals surface area contributed by atoms with Crippen LogP contribution in [0, 0.1) is 20.8 Å². The number of aryl methyl sites for hydroxylation is 3. The lowest BCUT2D eigenvalue weighted by molar-refractivity contribution is 0.594. The Balaban J connectivity index is 2.55. The monoisotopic (exact) mass is 367 g/mol. The van der Waals surface area contributed by atoms with E-state index in [0.29, 0.717) is 10.2 Å². The predicted molar refractivity (Wildman–Crippen MR) is 90.4 cm³/mol. The summed E-state index contributed by atoms with van der Waals surface area (Å²) in [6, 6.07) is 11.0. The van der Waals surface area contributed by atoms with Gasteiger partial charge in [0.05, 0.1) is 5.69 Å². The largest absolute Gasteiger partial charge is 0.269 e. The molecule has 0 N–H and O–H groups in total. The van der Waals surface area contributed by atoms with Crippen molar-refractivity contribution in [2.45, 2.75) is 25.7 Å². The molecule has 0 heterocycles. The van der Waals surface area contributed by atoms with Crippen LogP contribution in [0.15, 0.2) is 45.8 Å². The van der Waals surface area contributed by atoms with Crippen molar-refractivity contribution in [3.05, 3.63) is 57.6 Å². The van der Waals surface area contributed by atoms with E-state index >= 15 is 0 Å². The minimum atomic E-state index is -3.59. The smallest absolute Gasteiger partial charge is 0.265 e. The molecule has 0 saturated heterocycles. The van der Waals surface area contributed by atoms with Gasteiger partial charge in [-0.15, -0.1) is 0 Å². The van der Waals surface area contributed by atoms with E-state index in [4.69, 9.17) is 0 Å². The van der Waals surface area contributed by atoms with E-state index in [1.165, 1.54) is 4.31 Å². The van der Waals surface area contributed by atoms with Gasteiger partial charge in [0, 0.05) is 11.5 Å². The fraction of sp³-hybridized carbons (Fsp3) is 0.250. The summed E-state index contributed by atoms with van der Waals surface area (Å²) in [6.07, 6.45) is 0. The second-order valence-electron chi connectivity index (χ2n) is 5.20. The van der Waals surface area contributed by atoms with Gasteiger partial charge in [-0.3, -0.25) is 4.31 Å². The molecule has 112 valence electrons. The highest BCUT2D eigenvalue weighted by molar-refractivity contribution is 9.10. The van der Waals surface area contributed by atoms with Gasteiger partial charge >= 0.3 is 0 Å². The number of benzene rings is 2. The van der Waals surface area contributed by atoms with Crippen LogP contribution in [0.5, 0.6) is 0 Å². The van der Waals surface area contributed by atoms with Gasteiger partial charge in [-0.1, -0.05) is 18.2 Å². The second-order valence-corrected chi connectivity index (χ2v) is 7.99. The standard InChI is InChI=1S/C16H18BrNO2S/c1-11-6-8-16(14(17)9-11)21(19,20)18(4)15-10-12(2)5-7-13(15)3/h5-10H,1-4H3. The van der Waals surface area contributed by atoms with E-state index in [9.17, 15) is 8.42 Å². The molecule has 0 fully saturated rings. The van der Waals surface area contributed by atoms with E-state index in [1.807, 2.05) is 45.0 Å². The van der Waals surface area contributed by atoms with Crippen LogP contribution in [0.2, 0.25) is 0 Å². The summed E-state index contributed by atoms with van der Waals surface area (Å²) in [7, 11) is -2.01. The molecular formula is C16H18BrNO2S. The average molecular weight is 368 g/mol. The molecule has 2 aromatic carbocycles. The zero-order valence-corrected chi connectivity index (χ0v) is 14.9. The van der Waals surface area contributed by atoms with Crippen LogP contribution in [0.4, 0.5) is 5.69 Å². The molecule has 0 aliphatic carbocycles. The van der Waals surface area contributed by atoms with Gasteiger partial charge in [-0.05, 0) is 71.6 Å². The molecule has 0 aromatic heterocycles. The zero-order chi connectivity index (χ0) is 15.8. The van der Waals surface area contributed by atoms with Crippen LogP contribution in [0.25, 0.3) is 0 Å². The van der Waals surface area contributed by atoms with Crippen LogP contribution in [0.3, 0.4) is 0 Å². The summed E-state index contributed by atoms with van der Waals surface area (Å²) < 4.78 is 27.6. The first-order valence-electron chi connectivity index (χ1n) is 6.56. The van der Waals surface area contributed by atoms with Gasteiger partial charge in [0.2, 0.25) is 0 Å². The van der Waals surface area contributed by atoms with Crippen molar-refractivity contribution in [3.63, 3.8) is 0 Å². The third-order valence-corrected chi connectivity index (χ3v) is 6.18. The Bertz CT molecular complexity index is 785. The maximum Gasteiger partial charge on any atom is 0.265 e. The van der Waals surface area contributed by atoms with Crippen LogP contribution in [-0.4, -0.2) is 15.5 Å². The first-order valence-corrected chi connectivity index (χ1v) is 8.79. The lowest BCUT2D eigenvalue weighted by Gasteiger charge is -2.22. The third-order valence-electron chi connectivity index (χ3n) is 3.43. The Labute approximate surface area is 134 Å². The predicted octanol–water partition coefficient (Wildman–Crippen LogP) is 4.20. The number of hydrogen-bond donors (Lipinski definition) is 0. The summed E-state index contributed by atoms with van der Waals surface area (Å²) >= 11 is 3.35. The highest BCUT2D eigenvalue weighted by atomic mass is 79.9. The summed E-state index contributed by atoms with van der Waals surface area (Å²) in [5.41, 5.74) is 3.66. The average Bonchev–Trinajstić information content (AvgIpc) is 2.40. The van der Waals surface area contributed by atoms with E-state index in [-0.39, 0.29) is 4.90 Å². The normalized spacial score (nSPS) is 11.5. The molecule has 2 rings (SSSR count). The van der Waals surface area contributed by atoms with Crippen LogP contribution in [-0.2, 0) is 10.0 Å². The molecule has 5 heteroatoms. The Hall–Kier alpha value is -1.33.